The molecule has 3 aromatic rings. The number of pyridine rings is 1. The van der Waals surface area contributed by atoms with Crippen LogP contribution in [0.25, 0.3) is 11.3 Å². The largest absolute Gasteiger partial charge is 0.452 e. The number of nitro groups is 1. The average Bonchev–Trinajstić information content (AvgIpc) is 2.57. The number of rotatable bonds is 4. The lowest BCUT2D eigenvalue weighted by Crippen LogP contribution is -1.95. The van der Waals surface area contributed by atoms with Gasteiger partial charge in [-0.2, -0.15) is 0 Å². The van der Waals surface area contributed by atoms with Crippen molar-refractivity contribution >= 4 is 17.3 Å². The van der Waals surface area contributed by atoms with Crippen LogP contribution in [0.3, 0.4) is 0 Å². The first kappa shape index (κ1) is 15.8. The molecule has 2 heterocycles. The summed E-state index contributed by atoms with van der Waals surface area (Å²) in [6.07, 6.45) is 4.37. The molecule has 3 rings (SSSR count). The Morgan fingerprint density at radius 3 is 2.71 bits per heavy atom. The van der Waals surface area contributed by atoms with Gasteiger partial charge < -0.3 is 4.74 Å². The molecule has 0 saturated carbocycles. The quantitative estimate of drug-likeness (QED) is 0.402. The SMILES string of the molecule is O=[N+]([O-])c1ccc(Oc2cnccc2-c2ccnc(Cl)n2)c(F)c1. The zero-order valence-electron chi connectivity index (χ0n) is 11.9. The predicted octanol–water partition coefficient (Wildman–Crippen LogP) is 4.03. The Morgan fingerprint density at radius 1 is 1.17 bits per heavy atom. The molecule has 0 aliphatic heterocycles. The summed E-state index contributed by atoms with van der Waals surface area (Å²) in [6.45, 7) is 0. The van der Waals surface area contributed by atoms with Gasteiger partial charge in [0.15, 0.2) is 17.3 Å². The number of nitro benzene ring substituents is 1. The molecule has 24 heavy (non-hydrogen) atoms. The number of non-ortho nitro benzene ring substituents is 1. The summed E-state index contributed by atoms with van der Waals surface area (Å²) in [6, 6.07) is 6.34. The molecule has 0 radical (unpaired) electrons. The molecule has 9 heteroatoms. The highest BCUT2D eigenvalue weighted by Crippen LogP contribution is 2.33. The minimum Gasteiger partial charge on any atom is -0.452 e. The van der Waals surface area contributed by atoms with Gasteiger partial charge in [-0.1, -0.05) is 0 Å². The van der Waals surface area contributed by atoms with Crippen molar-refractivity contribution in [2.75, 3.05) is 0 Å². The Labute approximate surface area is 139 Å². The lowest BCUT2D eigenvalue weighted by Gasteiger charge is -2.10. The Morgan fingerprint density at radius 2 is 2.00 bits per heavy atom. The van der Waals surface area contributed by atoms with Crippen molar-refractivity contribution in [2.45, 2.75) is 0 Å². The molecule has 1 aromatic carbocycles. The third-order valence-electron chi connectivity index (χ3n) is 3.03. The van der Waals surface area contributed by atoms with Gasteiger partial charge >= 0.3 is 0 Å². The smallest absolute Gasteiger partial charge is 0.272 e. The molecule has 0 aliphatic carbocycles. The standard InChI is InChI=1S/C15H8ClFN4O3/c16-15-19-6-4-12(20-15)10-3-5-18-8-14(10)24-13-2-1-9(21(22)23)7-11(13)17/h1-8H. The number of halogens is 2. The van der Waals surface area contributed by atoms with Gasteiger partial charge in [-0.15, -0.1) is 0 Å². The van der Waals surface area contributed by atoms with E-state index in [1.807, 2.05) is 0 Å². The number of ether oxygens (including phenoxy) is 1. The van der Waals surface area contributed by atoms with E-state index < -0.39 is 10.7 Å². The first-order chi connectivity index (χ1) is 11.5. The molecule has 0 bridgehead atoms. The van der Waals surface area contributed by atoms with Crippen molar-refractivity contribution < 1.29 is 14.1 Å². The fourth-order valence-corrected chi connectivity index (χ4v) is 2.11. The minimum atomic E-state index is -0.861. The molecule has 0 spiro atoms. The van der Waals surface area contributed by atoms with Gasteiger partial charge in [0, 0.05) is 24.0 Å². The normalized spacial score (nSPS) is 10.4. The van der Waals surface area contributed by atoms with E-state index in [0.29, 0.717) is 11.3 Å². The highest BCUT2D eigenvalue weighted by Gasteiger charge is 2.15. The predicted molar refractivity (Wildman–Crippen MR) is 83.4 cm³/mol. The molecule has 0 atom stereocenters. The second-order valence-electron chi connectivity index (χ2n) is 4.56. The lowest BCUT2D eigenvalue weighted by atomic mass is 10.2. The molecule has 7 nitrogen and oxygen atoms in total. The van der Waals surface area contributed by atoms with E-state index in [9.17, 15) is 14.5 Å². The van der Waals surface area contributed by atoms with Gasteiger partial charge in [0.1, 0.15) is 0 Å². The zero-order valence-corrected chi connectivity index (χ0v) is 12.6. The van der Waals surface area contributed by atoms with Crippen molar-refractivity contribution in [3.05, 3.63) is 70.1 Å². The molecule has 0 saturated heterocycles. The highest BCUT2D eigenvalue weighted by molar-refractivity contribution is 6.28. The van der Waals surface area contributed by atoms with Crippen LogP contribution < -0.4 is 4.74 Å². The van der Waals surface area contributed by atoms with Crippen LogP contribution in [0.4, 0.5) is 10.1 Å². The Bertz CT molecular complexity index is 923. The monoisotopic (exact) mass is 346 g/mol. The maximum absolute atomic E-state index is 14.0. The first-order valence-corrected chi connectivity index (χ1v) is 6.97. The molecule has 0 fully saturated rings. The van der Waals surface area contributed by atoms with E-state index in [4.69, 9.17) is 16.3 Å². The van der Waals surface area contributed by atoms with Gasteiger partial charge in [0.2, 0.25) is 5.28 Å². The molecular weight excluding hydrogens is 339 g/mol. The first-order valence-electron chi connectivity index (χ1n) is 6.59. The third-order valence-corrected chi connectivity index (χ3v) is 3.21. The van der Waals surface area contributed by atoms with E-state index in [1.165, 1.54) is 24.7 Å². The molecule has 0 unspecified atom stereocenters. The molecule has 120 valence electrons. The maximum Gasteiger partial charge on any atom is 0.272 e. The number of aromatic nitrogens is 3. The number of nitrogens with zero attached hydrogens (tertiary/aromatic N) is 4. The lowest BCUT2D eigenvalue weighted by molar-refractivity contribution is -0.385. The van der Waals surface area contributed by atoms with Crippen LogP contribution in [-0.2, 0) is 0 Å². The van der Waals surface area contributed by atoms with Crippen molar-refractivity contribution in [3.8, 4) is 22.8 Å². The van der Waals surface area contributed by atoms with Crippen LogP contribution >= 0.6 is 11.6 Å². The van der Waals surface area contributed by atoms with E-state index in [0.717, 1.165) is 12.1 Å². The van der Waals surface area contributed by atoms with Gasteiger partial charge in [0.25, 0.3) is 5.69 Å². The Hall–Kier alpha value is -3.13. The molecular formula is C15H8ClFN4O3. The molecule has 2 aromatic heterocycles. The molecule has 0 N–H and O–H groups in total. The van der Waals surface area contributed by atoms with Gasteiger partial charge in [-0.3, -0.25) is 15.1 Å². The summed E-state index contributed by atoms with van der Waals surface area (Å²) < 4.78 is 19.5. The van der Waals surface area contributed by atoms with Gasteiger partial charge in [0.05, 0.1) is 22.9 Å². The summed E-state index contributed by atoms with van der Waals surface area (Å²) in [7, 11) is 0. The highest BCUT2D eigenvalue weighted by atomic mass is 35.5. The summed E-state index contributed by atoms with van der Waals surface area (Å²) in [5.41, 5.74) is 0.621. The minimum absolute atomic E-state index is 0.0526. The fourth-order valence-electron chi connectivity index (χ4n) is 1.96. The second-order valence-corrected chi connectivity index (χ2v) is 4.89. The summed E-state index contributed by atoms with van der Waals surface area (Å²) in [4.78, 5) is 21.8. The second kappa shape index (κ2) is 6.55. The number of hydrogen-bond acceptors (Lipinski definition) is 6. The average molecular weight is 347 g/mol. The van der Waals surface area contributed by atoms with E-state index in [1.54, 1.807) is 12.1 Å². The van der Waals surface area contributed by atoms with Crippen molar-refractivity contribution in [1.29, 1.82) is 0 Å². The van der Waals surface area contributed by atoms with E-state index >= 15 is 0 Å². The van der Waals surface area contributed by atoms with Crippen molar-refractivity contribution in [2.24, 2.45) is 0 Å². The van der Waals surface area contributed by atoms with Crippen LogP contribution in [0.1, 0.15) is 0 Å². The van der Waals surface area contributed by atoms with E-state index in [-0.39, 0.29) is 22.5 Å². The van der Waals surface area contributed by atoms with Crippen molar-refractivity contribution in [1.82, 2.24) is 15.0 Å². The Kier molecular flexibility index (Phi) is 4.30. The van der Waals surface area contributed by atoms with E-state index in [2.05, 4.69) is 15.0 Å². The third kappa shape index (κ3) is 3.28. The Balaban J connectivity index is 1.98. The summed E-state index contributed by atoms with van der Waals surface area (Å²) in [5, 5.41) is 10.7. The van der Waals surface area contributed by atoms with Crippen LogP contribution in [-0.4, -0.2) is 19.9 Å². The summed E-state index contributed by atoms with van der Waals surface area (Å²) >= 11 is 5.78. The van der Waals surface area contributed by atoms with Crippen LogP contribution in [0.2, 0.25) is 5.28 Å². The molecule has 0 aliphatic rings. The zero-order chi connectivity index (χ0) is 17.1. The van der Waals surface area contributed by atoms with Gasteiger partial charge in [-0.05, 0) is 29.8 Å². The van der Waals surface area contributed by atoms with Crippen LogP contribution in [0, 0.1) is 15.9 Å². The topological polar surface area (TPSA) is 91.0 Å². The van der Waals surface area contributed by atoms with Crippen molar-refractivity contribution in [3.63, 3.8) is 0 Å². The number of benzene rings is 1. The number of hydrogen-bond donors (Lipinski definition) is 0. The maximum atomic E-state index is 14.0. The molecule has 0 amide bonds. The fraction of sp³-hybridized carbons (Fsp3) is 0. The van der Waals surface area contributed by atoms with Crippen LogP contribution in [0.5, 0.6) is 11.5 Å². The summed E-state index contributed by atoms with van der Waals surface area (Å²) in [5.74, 6) is -0.810. The van der Waals surface area contributed by atoms with Gasteiger partial charge in [-0.25, -0.2) is 14.4 Å². The van der Waals surface area contributed by atoms with Crippen LogP contribution in [0.15, 0.2) is 48.9 Å².